The molecule has 0 N–H and O–H groups in total. The summed E-state index contributed by atoms with van der Waals surface area (Å²) in [6.45, 7) is 9.70. The van der Waals surface area contributed by atoms with Gasteiger partial charge in [-0.1, -0.05) is 74.5 Å². The predicted molar refractivity (Wildman–Crippen MR) is 97.8 cm³/mol. The molecule has 0 aliphatic heterocycles. The van der Waals surface area contributed by atoms with Crippen molar-refractivity contribution in [3.63, 3.8) is 0 Å². The Morgan fingerprint density at radius 1 is 0.958 bits per heavy atom. The van der Waals surface area contributed by atoms with Gasteiger partial charge in [-0.05, 0) is 38.1 Å². The van der Waals surface area contributed by atoms with Gasteiger partial charge in [0, 0.05) is 0 Å². The zero-order valence-electron chi connectivity index (χ0n) is 15.0. The van der Waals surface area contributed by atoms with Gasteiger partial charge >= 0.3 is 5.97 Å². The minimum atomic E-state index is -0.829. The van der Waals surface area contributed by atoms with Gasteiger partial charge in [-0.25, -0.2) is 0 Å². The zero-order chi connectivity index (χ0) is 17.6. The molecule has 1 unspecified atom stereocenters. The first-order chi connectivity index (χ1) is 11.5. The average Bonchev–Trinajstić information content (AvgIpc) is 2.63. The molecular formula is C21H27NO2. The first kappa shape index (κ1) is 18.2. The van der Waals surface area contributed by atoms with Gasteiger partial charge in [0.15, 0.2) is 6.23 Å². The van der Waals surface area contributed by atoms with Crippen LogP contribution < -0.4 is 0 Å². The molecule has 0 saturated heterocycles. The van der Waals surface area contributed by atoms with Crippen molar-refractivity contribution in [2.75, 3.05) is 13.1 Å². The Bertz CT molecular complexity index is 596. The highest BCUT2D eigenvalue weighted by molar-refractivity contribution is 5.87. The average molecular weight is 325 g/mol. The van der Waals surface area contributed by atoms with Crippen LogP contribution in [0.5, 0.6) is 0 Å². The molecule has 0 aliphatic carbocycles. The van der Waals surface area contributed by atoms with E-state index in [0.29, 0.717) is 0 Å². The highest BCUT2D eigenvalue weighted by atomic mass is 16.6. The Kier molecular flexibility index (Phi) is 6.16. The second-order valence-electron chi connectivity index (χ2n) is 6.08. The van der Waals surface area contributed by atoms with Crippen molar-refractivity contribution in [3.8, 4) is 0 Å². The summed E-state index contributed by atoms with van der Waals surface area (Å²) in [5.74, 6) is -0.223. The monoisotopic (exact) mass is 325 g/mol. The molecule has 2 rings (SSSR count). The van der Waals surface area contributed by atoms with Crippen LogP contribution in [0, 0.1) is 0 Å². The lowest BCUT2D eigenvalue weighted by Crippen LogP contribution is -2.42. The fraction of sp³-hybridized carbons (Fsp3) is 0.381. The minimum Gasteiger partial charge on any atom is -0.446 e. The maximum atomic E-state index is 13.2. The van der Waals surface area contributed by atoms with Crippen LogP contribution in [0.3, 0.4) is 0 Å². The first-order valence-corrected chi connectivity index (χ1v) is 8.60. The number of nitrogens with zero attached hydrogens (tertiary/aromatic N) is 1. The molecule has 1 atom stereocenters. The van der Waals surface area contributed by atoms with Crippen LogP contribution in [0.1, 0.15) is 38.8 Å². The molecule has 128 valence electrons. The molecule has 0 aliphatic rings. The van der Waals surface area contributed by atoms with Crippen LogP contribution in [0.4, 0.5) is 0 Å². The Morgan fingerprint density at radius 3 is 1.75 bits per heavy atom. The van der Waals surface area contributed by atoms with Gasteiger partial charge in [-0.2, -0.15) is 0 Å². The number of carbonyl (C=O) groups is 1. The van der Waals surface area contributed by atoms with Gasteiger partial charge in [0.1, 0.15) is 5.41 Å². The van der Waals surface area contributed by atoms with Gasteiger partial charge in [0.2, 0.25) is 0 Å². The van der Waals surface area contributed by atoms with E-state index >= 15 is 0 Å². The van der Waals surface area contributed by atoms with Gasteiger partial charge in [-0.15, -0.1) is 0 Å². The molecular weight excluding hydrogens is 298 g/mol. The molecule has 2 aromatic rings. The van der Waals surface area contributed by atoms with Crippen molar-refractivity contribution < 1.29 is 9.53 Å². The molecule has 0 aromatic heterocycles. The lowest BCUT2D eigenvalue weighted by Gasteiger charge is -2.33. The summed E-state index contributed by atoms with van der Waals surface area (Å²) in [5, 5.41) is 0. The van der Waals surface area contributed by atoms with E-state index in [0.717, 1.165) is 24.2 Å². The van der Waals surface area contributed by atoms with Crippen molar-refractivity contribution in [1.29, 1.82) is 0 Å². The summed E-state index contributed by atoms with van der Waals surface area (Å²) in [7, 11) is 0. The lowest BCUT2D eigenvalue weighted by molar-refractivity contribution is -0.162. The number of carbonyl (C=O) groups excluding carboxylic acids is 1. The van der Waals surface area contributed by atoms with Crippen molar-refractivity contribution in [2.45, 2.75) is 39.3 Å². The van der Waals surface area contributed by atoms with E-state index in [1.807, 2.05) is 74.5 Å². The van der Waals surface area contributed by atoms with E-state index in [4.69, 9.17) is 4.74 Å². The summed E-state index contributed by atoms with van der Waals surface area (Å²) in [6, 6.07) is 19.7. The van der Waals surface area contributed by atoms with Gasteiger partial charge in [-0.3, -0.25) is 9.69 Å². The van der Waals surface area contributed by atoms with Crippen LogP contribution in [0.2, 0.25) is 0 Å². The van der Waals surface area contributed by atoms with E-state index < -0.39 is 5.41 Å². The quantitative estimate of drug-likeness (QED) is 0.564. The van der Waals surface area contributed by atoms with E-state index in [-0.39, 0.29) is 12.2 Å². The van der Waals surface area contributed by atoms with Crippen LogP contribution in [-0.2, 0) is 14.9 Å². The van der Waals surface area contributed by atoms with Crippen LogP contribution in [-0.4, -0.2) is 30.2 Å². The van der Waals surface area contributed by atoms with Crippen molar-refractivity contribution in [2.24, 2.45) is 0 Å². The van der Waals surface area contributed by atoms with Crippen molar-refractivity contribution >= 4 is 5.97 Å². The molecule has 0 amide bonds. The number of ether oxygens (including phenoxy) is 1. The second kappa shape index (κ2) is 8.11. The first-order valence-electron chi connectivity index (χ1n) is 8.60. The van der Waals surface area contributed by atoms with Crippen molar-refractivity contribution in [1.82, 2.24) is 4.90 Å². The molecule has 0 saturated carbocycles. The van der Waals surface area contributed by atoms with E-state index in [1.165, 1.54) is 0 Å². The molecule has 0 bridgehead atoms. The van der Waals surface area contributed by atoms with Crippen molar-refractivity contribution in [3.05, 3.63) is 71.8 Å². The molecule has 2 aromatic carbocycles. The third-order valence-electron chi connectivity index (χ3n) is 4.71. The molecule has 0 fully saturated rings. The van der Waals surface area contributed by atoms with Crippen LogP contribution in [0.25, 0.3) is 0 Å². The smallest absolute Gasteiger partial charge is 0.322 e. The third kappa shape index (κ3) is 3.68. The molecule has 3 heteroatoms. The van der Waals surface area contributed by atoms with Crippen LogP contribution in [0.15, 0.2) is 60.7 Å². The second-order valence-corrected chi connectivity index (χ2v) is 6.08. The lowest BCUT2D eigenvalue weighted by atomic mass is 9.76. The van der Waals surface area contributed by atoms with E-state index in [2.05, 4.69) is 18.7 Å². The number of benzene rings is 2. The fourth-order valence-electron chi connectivity index (χ4n) is 3.03. The minimum absolute atomic E-state index is 0.223. The van der Waals surface area contributed by atoms with Gasteiger partial charge < -0.3 is 4.74 Å². The number of esters is 1. The summed E-state index contributed by atoms with van der Waals surface area (Å²) < 4.78 is 5.86. The summed E-state index contributed by atoms with van der Waals surface area (Å²) in [6.07, 6.45) is -0.251. The van der Waals surface area contributed by atoms with Gasteiger partial charge in [0.25, 0.3) is 0 Å². The largest absolute Gasteiger partial charge is 0.446 e. The van der Waals surface area contributed by atoms with Gasteiger partial charge in [0.05, 0.1) is 0 Å². The molecule has 0 spiro atoms. The summed E-state index contributed by atoms with van der Waals surface area (Å²) in [4.78, 5) is 15.3. The number of hydrogen-bond acceptors (Lipinski definition) is 3. The maximum absolute atomic E-state index is 13.2. The normalized spacial score (nSPS) is 12.9. The van der Waals surface area contributed by atoms with Crippen LogP contribution >= 0.6 is 0 Å². The molecule has 0 radical (unpaired) electrons. The third-order valence-corrected chi connectivity index (χ3v) is 4.71. The molecule has 0 heterocycles. The SMILES string of the molecule is CCN(CC)C(C)OC(=O)C(C)(c1ccccc1)c1ccccc1. The Hall–Kier alpha value is -2.13. The highest BCUT2D eigenvalue weighted by Gasteiger charge is 2.39. The standard InChI is InChI=1S/C21H27NO2/c1-5-22(6-2)17(3)24-20(23)21(4,18-13-9-7-10-14-18)19-15-11-8-12-16-19/h7-17H,5-6H2,1-4H3. The van der Waals surface area contributed by atoms with E-state index in [1.54, 1.807) is 0 Å². The molecule has 24 heavy (non-hydrogen) atoms. The Morgan fingerprint density at radius 2 is 1.38 bits per heavy atom. The number of rotatable bonds is 7. The summed E-state index contributed by atoms with van der Waals surface area (Å²) >= 11 is 0. The molecule has 3 nitrogen and oxygen atoms in total. The topological polar surface area (TPSA) is 29.5 Å². The summed E-state index contributed by atoms with van der Waals surface area (Å²) in [5.41, 5.74) is 1.05. The predicted octanol–water partition coefficient (Wildman–Crippen LogP) is 4.22. The zero-order valence-corrected chi connectivity index (χ0v) is 15.0. The maximum Gasteiger partial charge on any atom is 0.322 e. The van der Waals surface area contributed by atoms with E-state index in [9.17, 15) is 4.79 Å². The Balaban J connectivity index is 2.39. The number of hydrogen-bond donors (Lipinski definition) is 0. The highest BCUT2D eigenvalue weighted by Crippen LogP contribution is 2.33. The fourth-order valence-corrected chi connectivity index (χ4v) is 3.03. The Labute approximate surface area is 145 Å².